The fourth-order valence-electron chi connectivity index (χ4n) is 2.77. The van der Waals surface area contributed by atoms with Gasteiger partial charge in [-0.05, 0) is 0 Å². The molecule has 1 aromatic rings. The quantitative estimate of drug-likeness (QED) is 0.332. The minimum atomic E-state index is -2.71. The van der Waals surface area contributed by atoms with E-state index in [1.165, 1.54) is 0 Å². The first-order valence-corrected chi connectivity index (χ1v) is 14.8. The van der Waals surface area contributed by atoms with Crippen molar-refractivity contribution in [2.24, 2.45) is 5.92 Å². The van der Waals surface area contributed by atoms with Crippen molar-refractivity contribution < 1.29 is 47.2 Å². The molecule has 0 spiro atoms. The molecule has 0 aliphatic carbocycles. The molecule has 1 unspecified atom stereocenters. The summed E-state index contributed by atoms with van der Waals surface area (Å²) in [7, 11) is 0. The van der Waals surface area contributed by atoms with Crippen LogP contribution in [-0.4, -0.2) is 48.1 Å². The van der Waals surface area contributed by atoms with Gasteiger partial charge in [-0.2, -0.15) is 0 Å². The molecule has 1 aromatic carbocycles. The molecule has 1 saturated heterocycles. The monoisotopic (exact) mass is 594 g/mol. The summed E-state index contributed by atoms with van der Waals surface area (Å²) in [6.45, 7) is 7.04. The maximum atomic E-state index is 12.3. The van der Waals surface area contributed by atoms with Crippen LogP contribution in [0.25, 0.3) is 0 Å². The molecule has 6 atom stereocenters. The second-order valence-corrected chi connectivity index (χ2v) is 13.9. The predicted molar refractivity (Wildman–Crippen MR) is 103 cm³/mol. The summed E-state index contributed by atoms with van der Waals surface area (Å²) < 4.78 is 23.1. The number of rotatable bonds is 9. The van der Waals surface area contributed by atoms with Gasteiger partial charge in [0.15, 0.2) is 0 Å². The Morgan fingerprint density at radius 1 is 1.38 bits per heavy atom. The topological polar surface area (TPSA) is 110 Å². The number of hydrogen-bond acceptors (Lipinski definition) is 8. The Morgan fingerprint density at radius 2 is 2.03 bits per heavy atom. The molecule has 0 radical (unpaired) electrons. The van der Waals surface area contributed by atoms with Gasteiger partial charge in [0.25, 0.3) is 0 Å². The summed E-state index contributed by atoms with van der Waals surface area (Å²) in [5.74, 6) is -0.409. The number of benzene rings is 1. The van der Waals surface area contributed by atoms with E-state index in [0.29, 0.717) is 5.75 Å². The van der Waals surface area contributed by atoms with Crippen molar-refractivity contribution in [2.75, 3.05) is 6.61 Å². The Balaban J connectivity index is 2.11. The molecule has 0 amide bonds. The molecule has 0 aromatic heterocycles. The zero-order chi connectivity index (χ0) is 21.6. The minimum absolute atomic E-state index is 0.0345. The van der Waals surface area contributed by atoms with Crippen LogP contribution < -0.4 is 9.61 Å². The molecule has 1 heterocycles. The number of hydrogen-bond donors (Lipinski definition) is 2. The van der Waals surface area contributed by atoms with Crippen LogP contribution in [0.15, 0.2) is 30.3 Å². The van der Waals surface area contributed by atoms with Gasteiger partial charge >= 0.3 is 182 Å². The molecule has 160 valence electrons. The van der Waals surface area contributed by atoms with Gasteiger partial charge < -0.3 is 0 Å². The van der Waals surface area contributed by atoms with E-state index in [4.69, 9.17) is 18.5 Å². The number of carbonyl (C=O) groups excluding carboxylic acids is 1. The van der Waals surface area contributed by atoms with E-state index in [-0.39, 0.29) is 18.8 Å². The van der Waals surface area contributed by atoms with Gasteiger partial charge in [-0.1, -0.05) is 0 Å². The van der Waals surface area contributed by atoms with Crippen molar-refractivity contribution in [1.29, 1.82) is 5.26 Å². The number of esters is 1. The number of ether oxygens (including phenoxy) is 2. The van der Waals surface area contributed by atoms with Crippen LogP contribution >= 0.6 is 5.50 Å². The number of nitrogens with one attached hydrogen (secondary N) is 1. The molecule has 8 nitrogen and oxygen atoms in total. The van der Waals surface area contributed by atoms with E-state index in [1.807, 2.05) is 18.2 Å². The first-order valence-electron chi connectivity index (χ1n) is 9.36. The molecule has 29 heavy (non-hydrogen) atoms. The van der Waals surface area contributed by atoms with Crippen LogP contribution in [0.4, 0.5) is 0 Å². The Morgan fingerprint density at radius 3 is 2.59 bits per heavy atom. The van der Waals surface area contributed by atoms with E-state index >= 15 is 0 Å². The molecule has 2 N–H and O–H groups in total. The summed E-state index contributed by atoms with van der Waals surface area (Å²) in [6, 6.07) is 10.6. The van der Waals surface area contributed by atoms with Crippen LogP contribution in [0.2, 0.25) is 0 Å². The second-order valence-electron chi connectivity index (χ2n) is 7.06. The van der Waals surface area contributed by atoms with Crippen molar-refractivity contribution in [3.05, 3.63) is 30.3 Å². The fraction of sp³-hybridized carbons (Fsp3) is 0.579. The summed E-state index contributed by atoms with van der Waals surface area (Å²) in [4.78, 5) is 12.3. The number of para-hydroxylation sites is 1. The number of aliphatic hydroxyl groups excluding tert-OH is 1. The molecule has 1 aliphatic heterocycles. The number of nitriles is 1. The zero-order valence-corrected chi connectivity index (χ0v) is 20.7. The van der Waals surface area contributed by atoms with Crippen molar-refractivity contribution in [1.82, 2.24) is 5.09 Å². The Labute approximate surface area is 181 Å². The third-order valence-electron chi connectivity index (χ3n) is 4.23. The van der Waals surface area contributed by atoms with Gasteiger partial charge in [0.05, 0.1) is 0 Å². The maximum absolute atomic E-state index is 12.3. The average molecular weight is 594 g/mol. The van der Waals surface area contributed by atoms with E-state index in [0.717, 1.165) is 18.8 Å². The summed E-state index contributed by atoms with van der Waals surface area (Å²) in [5.41, 5.74) is -2.71. The van der Waals surface area contributed by atoms with E-state index in [2.05, 4.69) is 11.2 Å². The Bertz CT molecular complexity index is 772. The zero-order valence-electron chi connectivity index (χ0n) is 16.8. The molecule has 0 saturated carbocycles. The van der Waals surface area contributed by atoms with Crippen molar-refractivity contribution >= 4 is 11.5 Å². The standard InChI is InChI=1S/C19H27N2O6P.W/c1-12(2)25-19(23)13(3)21-28(27-15-8-6-5-7-9-15)24-11-17-18(22)16(10-20)14(4)26-17;/h5-9,12-14,16-18,21-22H,11H2,1-4H3;/t13-,14-,16-,17+,18-,28?;/m0./s1. The van der Waals surface area contributed by atoms with Gasteiger partial charge in [-0.3, -0.25) is 0 Å². The number of aliphatic hydroxyl groups is 1. The van der Waals surface area contributed by atoms with Crippen LogP contribution in [0.1, 0.15) is 27.7 Å². The van der Waals surface area contributed by atoms with Crippen molar-refractivity contribution in [2.45, 2.75) is 58.2 Å². The van der Waals surface area contributed by atoms with Crippen LogP contribution in [0.5, 0.6) is 5.75 Å². The molecule has 1 fully saturated rings. The third kappa shape index (κ3) is 7.00. The van der Waals surface area contributed by atoms with Crippen LogP contribution in [0, 0.1) is 17.2 Å². The fourth-order valence-corrected chi connectivity index (χ4v) is 7.56. The predicted octanol–water partition coefficient (Wildman–Crippen LogP) is 2.52. The van der Waals surface area contributed by atoms with Gasteiger partial charge in [0, 0.05) is 0 Å². The summed E-state index contributed by atoms with van der Waals surface area (Å²) in [5, 5.41) is 22.7. The van der Waals surface area contributed by atoms with Gasteiger partial charge in [-0.25, -0.2) is 0 Å². The first kappa shape index (κ1) is 24.2. The van der Waals surface area contributed by atoms with Gasteiger partial charge in [0.2, 0.25) is 0 Å². The van der Waals surface area contributed by atoms with E-state index < -0.39 is 35.6 Å². The summed E-state index contributed by atoms with van der Waals surface area (Å²) in [6.07, 6.45) is -2.21. The van der Waals surface area contributed by atoms with Gasteiger partial charge in [-0.15, -0.1) is 0 Å². The average Bonchev–Trinajstić information content (AvgIpc) is 2.93. The molecule has 10 heteroatoms. The molecule has 0 bridgehead atoms. The second kappa shape index (κ2) is 10.8. The van der Waals surface area contributed by atoms with Crippen LogP contribution in [-0.2, 0) is 37.6 Å². The molecular formula is C19H27N2O6PW. The van der Waals surface area contributed by atoms with E-state index in [1.54, 1.807) is 39.8 Å². The third-order valence-corrected chi connectivity index (χ3v) is 8.95. The molecule has 2 rings (SSSR count). The molecule has 1 aliphatic rings. The van der Waals surface area contributed by atoms with Crippen molar-refractivity contribution in [3.8, 4) is 11.8 Å². The Kier molecular flexibility index (Phi) is 9.03. The Hall–Kier alpha value is -1.06. The van der Waals surface area contributed by atoms with E-state index in [9.17, 15) is 15.2 Å². The van der Waals surface area contributed by atoms with Gasteiger partial charge in [0.1, 0.15) is 0 Å². The van der Waals surface area contributed by atoms with Crippen LogP contribution in [0.3, 0.4) is 0 Å². The number of carbonyl (C=O) groups is 1. The summed E-state index contributed by atoms with van der Waals surface area (Å²) >= 11 is 0.970. The van der Waals surface area contributed by atoms with Crippen molar-refractivity contribution in [3.63, 3.8) is 0 Å². The number of nitrogens with zero attached hydrogens (tertiary/aromatic N) is 1. The first-order chi connectivity index (χ1) is 13.6. The SMILES string of the molecule is CC(C)OC(=O)[C@H](C)N[P](=[W])(OC[C@H]1O[C@@H](C)[C@H](C#N)[C@@H]1O)Oc1ccccc1. The molecular weight excluding hydrogens is 567 g/mol. The normalized spacial score (nSPS) is 27.1.